The van der Waals surface area contributed by atoms with Gasteiger partial charge in [0.25, 0.3) is 10.0 Å². The van der Waals surface area contributed by atoms with E-state index in [2.05, 4.69) is 10.8 Å². The van der Waals surface area contributed by atoms with Crippen LogP contribution in [0.3, 0.4) is 0 Å². The number of rotatable bonds is 8. The Morgan fingerprint density at radius 2 is 1.76 bits per heavy atom. The topological polar surface area (TPSA) is 134 Å². The Hall–Kier alpha value is -3.25. The molecule has 10 nitrogen and oxygen atoms in total. The fourth-order valence-corrected chi connectivity index (χ4v) is 5.67. The number of carbonyl (C=O) groups excluding carboxylic acids is 3. The van der Waals surface area contributed by atoms with Gasteiger partial charge in [-0.15, -0.1) is 0 Å². The Morgan fingerprint density at radius 1 is 1.05 bits per heavy atom. The van der Waals surface area contributed by atoms with E-state index in [1.165, 1.54) is 48.3 Å². The minimum absolute atomic E-state index is 0.0549. The van der Waals surface area contributed by atoms with Crippen LogP contribution in [0.2, 0.25) is 0 Å². The van der Waals surface area contributed by atoms with Gasteiger partial charge in [0, 0.05) is 17.5 Å². The normalized spacial score (nSPS) is 13.9. The summed E-state index contributed by atoms with van der Waals surface area (Å²) >= 11 is 1.42. The van der Waals surface area contributed by atoms with Crippen LogP contribution in [0.15, 0.2) is 53.4 Å². The van der Waals surface area contributed by atoms with Crippen LogP contribution in [0.4, 0.5) is 15.3 Å². The monoisotopic (exact) mass is 548 g/mol. The van der Waals surface area contributed by atoms with Gasteiger partial charge in [-0.2, -0.15) is 5.48 Å². The van der Waals surface area contributed by atoms with Gasteiger partial charge >= 0.3 is 18.0 Å². The third-order valence-corrected chi connectivity index (χ3v) is 8.37. The fraction of sp³-hybridized carbons (Fsp3) is 0.400. The summed E-state index contributed by atoms with van der Waals surface area (Å²) in [6.45, 7) is 3.85. The maximum absolute atomic E-state index is 12.8. The zero-order valence-corrected chi connectivity index (χ0v) is 22.5. The average molecular weight is 549 g/mol. The number of hydroxylamine groups is 1. The van der Waals surface area contributed by atoms with Crippen LogP contribution >= 0.6 is 11.9 Å². The van der Waals surface area contributed by atoms with Crippen molar-refractivity contribution < 1.29 is 27.6 Å². The molecule has 2 aromatic carbocycles. The lowest BCUT2D eigenvalue weighted by Gasteiger charge is -2.32. The van der Waals surface area contributed by atoms with Gasteiger partial charge in [-0.1, -0.05) is 49.9 Å². The van der Waals surface area contributed by atoms with E-state index in [1.54, 1.807) is 16.4 Å². The van der Waals surface area contributed by atoms with Gasteiger partial charge in [-0.3, -0.25) is 4.31 Å². The second-order valence-corrected chi connectivity index (χ2v) is 11.4. The smallest absolute Gasteiger partial charge is 0.334 e. The number of benzene rings is 2. The summed E-state index contributed by atoms with van der Waals surface area (Å²) in [6.07, 6.45) is 5.99. The third kappa shape index (κ3) is 8.39. The van der Waals surface area contributed by atoms with Crippen LogP contribution in [-0.2, 0) is 14.9 Å². The Labute approximate surface area is 221 Å². The van der Waals surface area contributed by atoms with Crippen molar-refractivity contribution in [3.63, 3.8) is 0 Å². The molecule has 12 heteroatoms. The maximum Gasteiger partial charge on any atom is 0.363 e. The molecule has 4 amide bonds. The van der Waals surface area contributed by atoms with Crippen LogP contribution < -0.4 is 15.5 Å². The van der Waals surface area contributed by atoms with Gasteiger partial charge in [0.1, 0.15) is 0 Å². The van der Waals surface area contributed by atoms with E-state index in [1.807, 2.05) is 18.6 Å². The number of nitrogens with one attached hydrogen (secondary N) is 3. The molecule has 0 bridgehead atoms. The first-order valence-corrected chi connectivity index (χ1v) is 14.6. The zero-order valence-electron chi connectivity index (χ0n) is 20.9. The first-order valence-electron chi connectivity index (χ1n) is 12.1. The fourth-order valence-electron chi connectivity index (χ4n) is 3.81. The summed E-state index contributed by atoms with van der Waals surface area (Å²) < 4.78 is 28.4. The molecule has 0 heterocycles. The molecular formula is C25H32N4O6S2. The molecule has 0 radical (unpaired) electrons. The minimum atomic E-state index is -4.07. The molecular weight excluding hydrogens is 516 g/mol. The van der Waals surface area contributed by atoms with Crippen molar-refractivity contribution in [3.05, 3.63) is 59.7 Å². The molecule has 1 saturated carbocycles. The Kier molecular flexibility index (Phi) is 10.2. The SMILES string of the molecule is CCCSN(C(=O)NOC(=O)c1cccc(NC(=O)NS(=O)(=O)c2ccc(C)cc2)c1)C1CCCCC1. The second kappa shape index (κ2) is 13.3. The summed E-state index contributed by atoms with van der Waals surface area (Å²) in [5.74, 6) is -0.0541. The molecule has 0 aromatic heterocycles. The minimum Gasteiger partial charge on any atom is -0.334 e. The van der Waals surface area contributed by atoms with Crippen molar-refractivity contribution in [3.8, 4) is 0 Å². The highest BCUT2D eigenvalue weighted by atomic mass is 32.2. The molecule has 1 fully saturated rings. The first kappa shape index (κ1) is 28.3. The molecule has 3 rings (SSSR count). The molecule has 0 unspecified atom stereocenters. The third-order valence-electron chi connectivity index (χ3n) is 5.69. The van der Waals surface area contributed by atoms with Crippen molar-refractivity contribution in [2.45, 2.75) is 63.3 Å². The highest BCUT2D eigenvalue weighted by Crippen LogP contribution is 2.28. The van der Waals surface area contributed by atoms with Crippen molar-refractivity contribution in [2.75, 3.05) is 11.1 Å². The summed E-state index contributed by atoms with van der Waals surface area (Å²) in [6, 6.07) is 10.4. The van der Waals surface area contributed by atoms with Crippen LogP contribution in [0.1, 0.15) is 61.4 Å². The van der Waals surface area contributed by atoms with Gasteiger partial charge in [-0.25, -0.2) is 27.5 Å². The highest BCUT2D eigenvalue weighted by molar-refractivity contribution is 7.97. The van der Waals surface area contributed by atoms with E-state index >= 15 is 0 Å². The molecule has 1 aliphatic rings. The van der Waals surface area contributed by atoms with Gasteiger partial charge in [0.2, 0.25) is 0 Å². The van der Waals surface area contributed by atoms with Crippen molar-refractivity contribution in [1.29, 1.82) is 0 Å². The molecule has 0 atom stereocenters. The number of amides is 4. The molecule has 2 aromatic rings. The zero-order chi connectivity index (χ0) is 26.8. The number of hydrogen-bond acceptors (Lipinski definition) is 7. The van der Waals surface area contributed by atoms with Crippen LogP contribution in [0.25, 0.3) is 0 Å². The predicted molar refractivity (Wildman–Crippen MR) is 142 cm³/mol. The summed E-state index contributed by atoms with van der Waals surface area (Å²) in [7, 11) is -4.07. The number of urea groups is 2. The number of anilines is 1. The summed E-state index contributed by atoms with van der Waals surface area (Å²) in [5.41, 5.74) is 3.34. The number of hydrogen-bond donors (Lipinski definition) is 3. The average Bonchev–Trinajstić information content (AvgIpc) is 2.88. The number of aryl methyl sites for hydroxylation is 1. The number of nitrogens with zero attached hydrogens (tertiary/aromatic N) is 1. The quantitative estimate of drug-likeness (QED) is 0.313. The Morgan fingerprint density at radius 3 is 2.43 bits per heavy atom. The molecule has 0 aliphatic heterocycles. The second-order valence-electron chi connectivity index (χ2n) is 8.70. The Bertz CT molecular complexity index is 1200. The van der Waals surface area contributed by atoms with E-state index in [0.717, 1.165) is 49.8 Å². The lowest BCUT2D eigenvalue weighted by molar-refractivity contribution is 0.0298. The summed E-state index contributed by atoms with van der Waals surface area (Å²) in [4.78, 5) is 42.6. The maximum atomic E-state index is 12.8. The van der Waals surface area contributed by atoms with Crippen LogP contribution in [0, 0.1) is 6.92 Å². The standard InChI is InChI=1S/C25H32N4O6S2/c1-3-16-36-29(21-10-5-4-6-11-21)25(32)27-35-23(30)19-8-7-9-20(17-19)26-24(31)28-37(33,34)22-14-12-18(2)13-15-22/h7-9,12-15,17,21H,3-6,10-11,16H2,1-2H3,(H,27,32)(H2,26,28,31). The van der Waals surface area contributed by atoms with Gasteiger partial charge in [0.15, 0.2) is 0 Å². The van der Waals surface area contributed by atoms with Crippen molar-refractivity contribution in [2.24, 2.45) is 0 Å². The van der Waals surface area contributed by atoms with Crippen LogP contribution in [0.5, 0.6) is 0 Å². The molecule has 0 saturated heterocycles. The van der Waals surface area contributed by atoms with Crippen LogP contribution in [-0.4, -0.2) is 42.5 Å². The van der Waals surface area contributed by atoms with Crippen molar-refractivity contribution >= 4 is 45.7 Å². The van der Waals surface area contributed by atoms with E-state index in [-0.39, 0.29) is 22.2 Å². The van der Waals surface area contributed by atoms with Gasteiger partial charge < -0.3 is 10.2 Å². The lowest BCUT2D eigenvalue weighted by atomic mass is 9.96. The van der Waals surface area contributed by atoms with E-state index in [0.29, 0.717) is 0 Å². The first-order chi connectivity index (χ1) is 17.7. The van der Waals surface area contributed by atoms with Gasteiger partial charge in [-0.05, 0) is 68.5 Å². The number of sulfonamides is 1. The van der Waals surface area contributed by atoms with Crippen molar-refractivity contribution in [1.82, 2.24) is 14.5 Å². The van der Waals surface area contributed by atoms with Gasteiger partial charge in [0.05, 0.1) is 10.5 Å². The van der Waals surface area contributed by atoms with E-state index in [4.69, 9.17) is 4.84 Å². The lowest BCUT2D eigenvalue weighted by Crippen LogP contribution is -2.43. The molecule has 200 valence electrons. The van der Waals surface area contributed by atoms with E-state index < -0.39 is 28.1 Å². The molecule has 37 heavy (non-hydrogen) atoms. The predicted octanol–water partition coefficient (Wildman–Crippen LogP) is 4.98. The molecule has 1 aliphatic carbocycles. The Balaban J connectivity index is 1.57. The number of carbonyl (C=O) groups is 3. The van der Waals surface area contributed by atoms with E-state index in [9.17, 15) is 22.8 Å². The summed E-state index contributed by atoms with van der Waals surface area (Å²) in [5, 5.41) is 2.39. The molecule has 0 spiro atoms. The molecule has 3 N–H and O–H groups in total. The largest absolute Gasteiger partial charge is 0.363 e. The highest BCUT2D eigenvalue weighted by Gasteiger charge is 2.27.